The molecule has 1 heterocycles. The molecule has 0 bridgehead atoms. The molecule has 0 radical (unpaired) electrons. The van der Waals surface area contributed by atoms with E-state index in [9.17, 15) is 9.18 Å². The normalized spacial score (nSPS) is 25.3. The van der Waals surface area contributed by atoms with E-state index >= 15 is 0 Å². The number of anilines is 1. The van der Waals surface area contributed by atoms with Gasteiger partial charge in [0, 0.05) is 37.8 Å². The first-order valence-corrected chi connectivity index (χ1v) is 9.08. The monoisotopic (exact) mass is 421 g/mol. The first-order valence-electron chi connectivity index (χ1n) is 9.08. The molecule has 2 N–H and O–H groups in total. The zero-order chi connectivity index (χ0) is 18.0. The maximum absolute atomic E-state index is 13.4. The van der Waals surface area contributed by atoms with E-state index in [0.717, 1.165) is 31.4 Å². The van der Waals surface area contributed by atoms with Gasteiger partial charge in [-0.2, -0.15) is 0 Å². The number of ether oxygens (including phenoxy) is 1. The number of benzene rings is 1. The topological polar surface area (TPSA) is 58.8 Å². The Morgan fingerprint density at radius 2 is 1.89 bits per heavy atom. The van der Waals surface area contributed by atoms with Crippen LogP contribution in [0.5, 0.6) is 5.75 Å². The van der Waals surface area contributed by atoms with Crippen molar-refractivity contribution in [1.29, 1.82) is 0 Å². The molecule has 8 heteroatoms. The van der Waals surface area contributed by atoms with Gasteiger partial charge in [0.15, 0.2) is 0 Å². The highest BCUT2D eigenvalue weighted by Crippen LogP contribution is 2.34. The van der Waals surface area contributed by atoms with E-state index < -0.39 is 5.54 Å². The Kier molecular flexibility index (Phi) is 8.64. The maximum atomic E-state index is 13.4. The van der Waals surface area contributed by atoms with Crippen LogP contribution in [0.1, 0.15) is 32.6 Å². The van der Waals surface area contributed by atoms with E-state index in [1.807, 2.05) is 11.8 Å². The second-order valence-electron chi connectivity index (χ2n) is 7.43. The van der Waals surface area contributed by atoms with Crippen molar-refractivity contribution in [1.82, 2.24) is 4.90 Å². The molecular weight excluding hydrogens is 392 g/mol. The van der Waals surface area contributed by atoms with E-state index in [1.54, 1.807) is 13.2 Å². The molecule has 27 heavy (non-hydrogen) atoms. The summed E-state index contributed by atoms with van der Waals surface area (Å²) in [5.41, 5.74) is 6.87. The molecule has 0 spiro atoms. The van der Waals surface area contributed by atoms with Gasteiger partial charge in [0.25, 0.3) is 0 Å². The molecule has 2 aliphatic rings. The molecule has 1 amide bonds. The van der Waals surface area contributed by atoms with Crippen molar-refractivity contribution in [2.45, 2.75) is 38.1 Å². The Hall–Kier alpha value is -1.24. The van der Waals surface area contributed by atoms with Crippen LogP contribution in [-0.4, -0.2) is 49.6 Å². The van der Waals surface area contributed by atoms with Crippen LogP contribution in [0.3, 0.4) is 0 Å². The third-order valence-corrected chi connectivity index (χ3v) is 5.63. The number of methoxy groups -OCH3 is 1. The van der Waals surface area contributed by atoms with Gasteiger partial charge in [0.1, 0.15) is 11.6 Å². The van der Waals surface area contributed by atoms with Gasteiger partial charge in [-0.1, -0.05) is 12.8 Å². The van der Waals surface area contributed by atoms with Crippen LogP contribution >= 0.6 is 24.8 Å². The number of hydrogen-bond acceptors (Lipinski definition) is 4. The lowest BCUT2D eigenvalue weighted by Gasteiger charge is -2.43. The van der Waals surface area contributed by atoms with E-state index in [1.165, 1.54) is 12.1 Å². The number of halogens is 3. The quantitative estimate of drug-likeness (QED) is 0.813. The molecule has 154 valence electrons. The third-order valence-electron chi connectivity index (χ3n) is 5.63. The smallest absolute Gasteiger partial charge is 0.227 e. The minimum Gasteiger partial charge on any atom is -0.494 e. The molecule has 3 rings (SSSR count). The highest BCUT2D eigenvalue weighted by atomic mass is 35.5. The van der Waals surface area contributed by atoms with Gasteiger partial charge in [-0.3, -0.25) is 4.79 Å². The molecule has 1 aromatic rings. The number of carbonyl (C=O) groups excluding carboxylic acids is 1. The SMILES string of the molecule is COc1cc(F)ccc1N1CCN(C(=O)C2CCCCC2(C)N)CC1.Cl.Cl. The van der Waals surface area contributed by atoms with Gasteiger partial charge in [-0.05, 0) is 31.9 Å². The summed E-state index contributed by atoms with van der Waals surface area (Å²) < 4.78 is 18.7. The number of carbonyl (C=O) groups is 1. The lowest BCUT2D eigenvalue weighted by molar-refractivity contribution is -0.139. The molecular formula is C19H30Cl2FN3O2. The van der Waals surface area contributed by atoms with Gasteiger partial charge >= 0.3 is 0 Å². The van der Waals surface area contributed by atoms with Crippen LogP contribution in [0.2, 0.25) is 0 Å². The van der Waals surface area contributed by atoms with Gasteiger partial charge in [0.2, 0.25) is 5.91 Å². The predicted molar refractivity (Wildman–Crippen MR) is 111 cm³/mol. The largest absolute Gasteiger partial charge is 0.494 e. The summed E-state index contributed by atoms with van der Waals surface area (Å²) in [5, 5.41) is 0. The highest BCUT2D eigenvalue weighted by Gasteiger charge is 2.40. The number of nitrogens with two attached hydrogens (primary N) is 1. The lowest BCUT2D eigenvalue weighted by Crippen LogP contribution is -2.57. The molecule has 1 saturated heterocycles. The molecule has 0 aromatic heterocycles. The van der Waals surface area contributed by atoms with Crippen molar-refractivity contribution in [3.63, 3.8) is 0 Å². The molecule has 5 nitrogen and oxygen atoms in total. The Morgan fingerprint density at radius 3 is 2.48 bits per heavy atom. The fourth-order valence-corrected chi connectivity index (χ4v) is 4.06. The van der Waals surface area contributed by atoms with Gasteiger partial charge < -0.3 is 20.3 Å². The second-order valence-corrected chi connectivity index (χ2v) is 7.43. The zero-order valence-corrected chi connectivity index (χ0v) is 17.6. The Labute approximate surface area is 173 Å². The maximum Gasteiger partial charge on any atom is 0.227 e. The number of piperazine rings is 1. The summed E-state index contributed by atoms with van der Waals surface area (Å²) >= 11 is 0. The van der Waals surface area contributed by atoms with Gasteiger partial charge in [0.05, 0.1) is 18.7 Å². The summed E-state index contributed by atoms with van der Waals surface area (Å²) in [5.74, 6) is 0.333. The third kappa shape index (κ3) is 5.18. The van der Waals surface area contributed by atoms with Crippen LogP contribution < -0.4 is 15.4 Å². The summed E-state index contributed by atoms with van der Waals surface area (Å²) in [6.07, 6.45) is 3.98. The van der Waals surface area contributed by atoms with Crippen LogP contribution in [0.4, 0.5) is 10.1 Å². The highest BCUT2D eigenvalue weighted by molar-refractivity contribution is 5.85. The van der Waals surface area contributed by atoms with Crippen molar-refractivity contribution in [3.8, 4) is 5.75 Å². The van der Waals surface area contributed by atoms with Crippen LogP contribution in [-0.2, 0) is 4.79 Å². The van der Waals surface area contributed by atoms with Crippen molar-refractivity contribution in [2.75, 3.05) is 38.2 Å². The fraction of sp³-hybridized carbons (Fsp3) is 0.632. The van der Waals surface area contributed by atoms with E-state index in [2.05, 4.69) is 4.90 Å². The first-order chi connectivity index (χ1) is 11.9. The minimum absolute atomic E-state index is 0. The zero-order valence-electron chi connectivity index (χ0n) is 15.9. The van der Waals surface area contributed by atoms with Crippen molar-refractivity contribution < 1.29 is 13.9 Å². The summed E-state index contributed by atoms with van der Waals surface area (Å²) in [6, 6.07) is 4.58. The van der Waals surface area contributed by atoms with E-state index in [0.29, 0.717) is 31.9 Å². The molecule has 1 aliphatic carbocycles. The molecule has 2 unspecified atom stereocenters. The van der Waals surface area contributed by atoms with Crippen molar-refractivity contribution >= 4 is 36.4 Å². The van der Waals surface area contributed by atoms with E-state index in [-0.39, 0.29) is 42.5 Å². The second kappa shape index (κ2) is 9.80. The molecule has 2 fully saturated rings. The average Bonchev–Trinajstić information content (AvgIpc) is 2.61. The molecule has 1 aromatic carbocycles. The van der Waals surface area contributed by atoms with Crippen LogP contribution in [0.15, 0.2) is 18.2 Å². The fourth-order valence-electron chi connectivity index (χ4n) is 4.06. The Bertz CT molecular complexity index is 637. The van der Waals surface area contributed by atoms with Crippen molar-refractivity contribution in [3.05, 3.63) is 24.0 Å². The predicted octanol–water partition coefficient (Wildman–Crippen LogP) is 3.23. The summed E-state index contributed by atoms with van der Waals surface area (Å²) in [4.78, 5) is 17.0. The standard InChI is InChI=1S/C19H28FN3O2.2ClH/c1-19(21)8-4-3-5-15(19)18(24)23-11-9-22(10-12-23)16-7-6-14(20)13-17(16)25-2;;/h6-7,13,15H,3-5,8-12,21H2,1-2H3;2*1H. The van der Waals surface area contributed by atoms with E-state index in [4.69, 9.17) is 10.5 Å². The Balaban J connectivity index is 0.00000182. The number of nitrogens with zero attached hydrogens (tertiary/aromatic N) is 2. The van der Waals surface area contributed by atoms with Crippen LogP contribution in [0.25, 0.3) is 0 Å². The molecule has 2 atom stereocenters. The van der Waals surface area contributed by atoms with Crippen LogP contribution in [0, 0.1) is 11.7 Å². The number of amides is 1. The van der Waals surface area contributed by atoms with Crippen molar-refractivity contribution in [2.24, 2.45) is 11.7 Å². The number of hydrogen-bond donors (Lipinski definition) is 1. The number of rotatable bonds is 3. The van der Waals surface area contributed by atoms with Gasteiger partial charge in [-0.25, -0.2) is 4.39 Å². The lowest BCUT2D eigenvalue weighted by atomic mass is 9.74. The average molecular weight is 422 g/mol. The Morgan fingerprint density at radius 1 is 1.22 bits per heavy atom. The van der Waals surface area contributed by atoms with Gasteiger partial charge in [-0.15, -0.1) is 24.8 Å². The minimum atomic E-state index is -0.396. The first kappa shape index (κ1) is 23.8. The molecule has 1 aliphatic heterocycles. The summed E-state index contributed by atoms with van der Waals surface area (Å²) in [6.45, 7) is 4.75. The summed E-state index contributed by atoms with van der Waals surface area (Å²) in [7, 11) is 1.54. The molecule has 1 saturated carbocycles.